The van der Waals surface area contributed by atoms with Crippen LogP contribution in [0.15, 0.2) is 34.0 Å². The van der Waals surface area contributed by atoms with Gasteiger partial charge in [-0.3, -0.25) is 9.59 Å². The molecule has 0 saturated carbocycles. The van der Waals surface area contributed by atoms with Crippen molar-refractivity contribution < 1.29 is 19.0 Å². The van der Waals surface area contributed by atoms with E-state index in [4.69, 9.17) is 14.2 Å². The molecule has 0 heterocycles. The van der Waals surface area contributed by atoms with Gasteiger partial charge in [0.05, 0.1) is 32.3 Å². The van der Waals surface area contributed by atoms with Crippen molar-refractivity contribution >= 4 is 17.7 Å². The number of unbranched alkanes of at least 4 members (excludes halogenated alkanes) is 2. The number of carbonyl (C=O) groups excluding carboxylic acids is 1. The zero-order valence-corrected chi connectivity index (χ0v) is 20.9. The first kappa shape index (κ1) is 25.0. The van der Waals surface area contributed by atoms with Crippen LogP contribution in [0.1, 0.15) is 56.2 Å². The summed E-state index contributed by atoms with van der Waals surface area (Å²) in [6.07, 6.45) is 6.66. The summed E-state index contributed by atoms with van der Waals surface area (Å²) in [7, 11) is 4.78. The van der Waals surface area contributed by atoms with E-state index < -0.39 is 0 Å². The second kappa shape index (κ2) is 11.5. The number of nitrogens with one attached hydrogen (secondary N) is 1. The van der Waals surface area contributed by atoms with Gasteiger partial charge in [0, 0.05) is 12.0 Å². The first-order valence-corrected chi connectivity index (χ1v) is 12.5. The van der Waals surface area contributed by atoms with Gasteiger partial charge >= 0.3 is 0 Å². The number of amides is 1. The van der Waals surface area contributed by atoms with Crippen LogP contribution in [0.4, 0.5) is 0 Å². The number of rotatable bonds is 9. The molecule has 0 unspecified atom stereocenters. The van der Waals surface area contributed by atoms with Crippen molar-refractivity contribution in [1.29, 1.82) is 0 Å². The number of aryl methyl sites for hydroxylation is 1. The lowest BCUT2D eigenvalue weighted by molar-refractivity contribution is -0.122. The summed E-state index contributed by atoms with van der Waals surface area (Å²) < 4.78 is 17.0. The summed E-state index contributed by atoms with van der Waals surface area (Å²) in [5.41, 5.74) is 3.50. The summed E-state index contributed by atoms with van der Waals surface area (Å²) in [5, 5.41) is 3.19. The Kier molecular flexibility index (Phi) is 8.67. The molecule has 0 aliphatic heterocycles. The van der Waals surface area contributed by atoms with E-state index in [-0.39, 0.29) is 17.4 Å². The fraction of sp³-hybridized carbons (Fsp3) is 0.462. The van der Waals surface area contributed by atoms with Crippen LogP contribution in [0.25, 0.3) is 11.1 Å². The predicted octanol–water partition coefficient (Wildman–Crippen LogP) is 5.15. The molecule has 0 radical (unpaired) electrons. The van der Waals surface area contributed by atoms with E-state index in [2.05, 4.69) is 12.2 Å². The number of methoxy groups -OCH3 is 3. The summed E-state index contributed by atoms with van der Waals surface area (Å²) in [6.45, 7) is 2.12. The summed E-state index contributed by atoms with van der Waals surface area (Å²) in [6, 6.07) is 7.16. The molecule has 1 aliphatic carbocycles. The molecule has 6 nitrogen and oxygen atoms in total. The quantitative estimate of drug-likeness (QED) is 0.403. The van der Waals surface area contributed by atoms with Crippen molar-refractivity contribution in [2.24, 2.45) is 0 Å². The average molecular weight is 472 g/mol. The topological polar surface area (TPSA) is 73.9 Å². The second-order valence-electron chi connectivity index (χ2n) is 8.07. The largest absolute Gasteiger partial charge is 0.493 e. The maximum Gasteiger partial charge on any atom is 0.220 e. The molecule has 1 amide bonds. The van der Waals surface area contributed by atoms with Gasteiger partial charge in [0.25, 0.3) is 0 Å². The van der Waals surface area contributed by atoms with Gasteiger partial charge in [-0.2, -0.15) is 0 Å². The molecule has 0 aromatic heterocycles. The Morgan fingerprint density at radius 3 is 2.48 bits per heavy atom. The van der Waals surface area contributed by atoms with Crippen LogP contribution in [0.3, 0.4) is 0 Å². The van der Waals surface area contributed by atoms with Crippen LogP contribution >= 0.6 is 11.8 Å². The van der Waals surface area contributed by atoms with Crippen LogP contribution in [0, 0.1) is 0 Å². The molecule has 0 fully saturated rings. The lowest BCUT2D eigenvalue weighted by Crippen LogP contribution is -2.28. The Morgan fingerprint density at radius 2 is 1.85 bits per heavy atom. The molecule has 0 bridgehead atoms. The smallest absolute Gasteiger partial charge is 0.220 e. The Morgan fingerprint density at radius 1 is 1.09 bits per heavy atom. The highest BCUT2D eigenvalue weighted by atomic mass is 32.2. The Hall–Kier alpha value is -2.67. The third-order valence-electron chi connectivity index (χ3n) is 6.06. The van der Waals surface area contributed by atoms with Crippen LogP contribution in [0.5, 0.6) is 17.2 Å². The van der Waals surface area contributed by atoms with Crippen molar-refractivity contribution in [2.75, 3.05) is 27.6 Å². The molecule has 178 valence electrons. The first-order chi connectivity index (χ1) is 16.0. The van der Waals surface area contributed by atoms with Gasteiger partial charge in [-0.25, -0.2) is 0 Å². The van der Waals surface area contributed by atoms with Crippen LogP contribution in [-0.2, 0) is 11.2 Å². The zero-order chi connectivity index (χ0) is 24.0. The fourth-order valence-electron chi connectivity index (χ4n) is 4.42. The SMILES string of the molecule is CCCCCC(=O)N[C@H]1CCc2cc(OC)c(OC)c(OC)c2-c2ccc(SC)c(=O)cc21. The molecule has 33 heavy (non-hydrogen) atoms. The molecule has 2 aromatic carbocycles. The van der Waals surface area contributed by atoms with Crippen LogP contribution in [0.2, 0.25) is 0 Å². The average Bonchev–Trinajstić information content (AvgIpc) is 3.06. The van der Waals surface area contributed by atoms with E-state index in [1.807, 2.05) is 24.5 Å². The number of thioether (sulfide) groups is 1. The van der Waals surface area contributed by atoms with E-state index >= 15 is 0 Å². The Bertz CT molecular complexity index is 1070. The molecule has 3 rings (SSSR count). The number of benzene rings is 1. The molecule has 7 heteroatoms. The maximum absolute atomic E-state index is 13.0. The van der Waals surface area contributed by atoms with Gasteiger partial charge in [0.1, 0.15) is 0 Å². The minimum atomic E-state index is -0.280. The highest BCUT2D eigenvalue weighted by Gasteiger charge is 2.29. The van der Waals surface area contributed by atoms with Gasteiger partial charge in [-0.1, -0.05) is 25.8 Å². The van der Waals surface area contributed by atoms with Crippen molar-refractivity contribution in [2.45, 2.75) is 56.4 Å². The van der Waals surface area contributed by atoms with E-state index in [1.165, 1.54) is 11.8 Å². The number of hydrogen-bond acceptors (Lipinski definition) is 6. The van der Waals surface area contributed by atoms with Crippen LogP contribution in [-0.4, -0.2) is 33.5 Å². The summed E-state index contributed by atoms with van der Waals surface area (Å²) in [5.74, 6) is 1.67. The van der Waals surface area contributed by atoms with Crippen molar-refractivity contribution in [3.8, 4) is 28.4 Å². The first-order valence-electron chi connectivity index (χ1n) is 11.3. The van der Waals surface area contributed by atoms with E-state index in [0.29, 0.717) is 41.4 Å². The molecule has 1 atom stereocenters. The standard InChI is InChI=1S/C26H33NO5S/c1-6-7-8-9-23(29)27-19-12-10-16-14-21(30-2)25(31-3)26(32-4)24(16)17-11-13-22(33-5)20(28)15-18(17)19/h11,13-15,19H,6-10,12H2,1-5H3,(H,27,29)/t19-/m0/s1. The Balaban J connectivity index is 2.22. The summed E-state index contributed by atoms with van der Waals surface area (Å²) >= 11 is 1.41. The predicted molar refractivity (Wildman–Crippen MR) is 133 cm³/mol. The number of fused-ring (bicyclic) bond motifs is 3. The molecule has 2 aromatic rings. The van der Waals surface area contributed by atoms with Gasteiger partial charge in [-0.15, -0.1) is 11.8 Å². The van der Waals surface area contributed by atoms with E-state index in [1.54, 1.807) is 27.4 Å². The Labute approximate surface area is 200 Å². The number of ether oxygens (including phenoxy) is 3. The minimum absolute atomic E-state index is 0.0107. The van der Waals surface area contributed by atoms with Gasteiger partial charge < -0.3 is 19.5 Å². The van der Waals surface area contributed by atoms with E-state index in [0.717, 1.165) is 41.5 Å². The summed E-state index contributed by atoms with van der Waals surface area (Å²) in [4.78, 5) is 26.3. The highest BCUT2D eigenvalue weighted by molar-refractivity contribution is 7.98. The normalized spacial score (nSPS) is 14.5. The fourth-order valence-corrected chi connectivity index (χ4v) is 4.88. The lowest BCUT2D eigenvalue weighted by atomic mass is 9.95. The molecule has 0 spiro atoms. The molecular weight excluding hydrogens is 438 g/mol. The van der Waals surface area contributed by atoms with Crippen LogP contribution < -0.4 is 25.0 Å². The number of hydrogen-bond donors (Lipinski definition) is 1. The number of carbonyl (C=O) groups is 1. The third-order valence-corrected chi connectivity index (χ3v) is 6.84. The molecule has 1 N–H and O–H groups in total. The molecule has 0 saturated heterocycles. The maximum atomic E-state index is 13.0. The highest BCUT2D eigenvalue weighted by Crippen LogP contribution is 2.50. The van der Waals surface area contributed by atoms with Gasteiger partial charge in [0.2, 0.25) is 11.7 Å². The van der Waals surface area contributed by atoms with Crippen molar-refractivity contribution in [3.05, 3.63) is 45.6 Å². The molecular formula is C26H33NO5S. The minimum Gasteiger partial charge on any atom is -0.493 e. The van der Waals surface area contributed by atoms with E-state index in [9.17, 15) is 9.59 Å². The third kappa shape index (κ3) is 5.29. The monoisotopic (exact) mass is 471 g/mol. The van der Waals surface area contributed by atoms with Crippen molar-refractivity contribution in [1.82, 2.24) is 5.32 Å². The van der Waals surface area contributed by atoms with Crippen molar-refractivity contribution in [3.63, 3.8) is 0 Å². The van der Waals surface area contributed by atoms with Gasteiger partial charge in [0.15, 0.2) is 16.9 Å². The second-order valence-corrected chi connectivity index (χ2v) is 8.92. The zero-order valence-electron chi connectivity index (χ0n) is 20.1. The lowest BCUT2D eigenvalue weighted by Gasteiger charge is -2.20. The van der Waals surface area contributed by atoms with Gasteiger partial charge in [-0.05, 0) is 60.4 Å². The molecule has 1 aliphatic rings.